The van der Waals surface area contributed by atoms with Gasteiger partial charge in [-0.1, -0.05) is 6.08 Å². The zero-order valence-electron chi connectivity index (χ0n) is 7.42. The fourth-order valence-electron chi connectivity index (χ4n) is 1.46. The first-order chi connectivity index (χ1) is 6.57. The number of ether oxygens (including phenoxy) is 2. The van der Waals surface area contributed by atoms with Crippen molar-refractivity contribution in [3.05, 3.63) is 23.1 Å². The molecule has 1 fully saturated rings. The van der Waals surface area contributed by atoms with E-state index in [0.717, 1.165) is 0 Å². The van der Waals surface area contributed by atoms with Gasteiger partial charge in [0.1, 0.15) is 12.2 Å². The first-order valence-electron chi connectivity index (χ1n) is 4.23. The van der Waals surface area contributed by atoms with E-state index in [-0.39, 0.29) is 17.1 Å². The summed E-state index contributed by atoms with van der Waals surface area (Å²) in [7, 11) is -3.64. The van der Waals surface area contributed by atoms with Gasteiger partial charge in [-0.25, -0.2) is 13.6 Å². The third-order valence-electron chi connectivity index (χ3n) is 2.13. The van der Waals surface area contributed by atoms with Gasteiger partial charge in [-0.2, -0.15) is 0 Å². The Morgan fingerprint density at radius 2 is 1.93 bits per heavy atom. The van der Waals surface area contributed by atoms with Gasteiger partial charge in [0.15, 0.2) is 0 Å². The Morgan fingerprint density at radius 3 is 2.57 bits per heavy atom. The quantitative estimate of drug-likeness (QED) is 0.643. The van der Waals surface area contributed by atoms with Gasteiger partial charge in [-0.3, -0.25) is 0 Å². The predicted molar refractivity (Wildman–Crippen MR) is 49.8 cm³/mol. The van der Waals surface area contributed by atoms with E-state index >= 15 is 0 Å². The maximum Gasteiger partial charge on any atom is 0.237 e. The van der Waals surface area contributed by atoms with Gasteiger partial charge in [-0.05, 0) is 12.2 Å². The topological polar surface area (TPSA) is 78.6 Å². The molecule has 2 rings (SSSR count). The van der Waals surface area contributed by atoms with Crippen LogP contribution in [0.5, 0.6) is 0 Å². The van der Waals surface area contributed by atoms with Crippen LogP contribution in [0.25, 0.3) is 0 Å². The first kappa shape index (κ1) is 9.85. The molecule has 1 aliphatic carbocycles. The van der Waals surface area contributed by atoms with Crippen molar-refractivity contribution in [2.75, 3.05) is 13.2 Å². The lowest BCUT2D eigenvalue weighted by molar-refractivity contribution is -0.102. The number of rotatable bonds is 1. The van der Waals surface area contributed by atoms with Gasteiger partial charge in [0.25, 0.3) is 0 Å². The molecule has 0 aromatic heterocycles. The monoisotopic (exact) mass is 217 g/mol. The molecule has 5 nitrogen and oxygen atoms in total. The predicted octanol–water partition coefficient (Wildman–Crippen LogP) is -0.487. The molecule has 2 N–H and O–H groups in total. The van der Waals surface area contributed by atoms with Crippen LogP contribution in [0.1, 0.15) is 0 Å². The molecule has 0 aromatic carbocycles. The van der Waals surface area contributed by atoms with E-state index in [1.165, 1.54) is 12.2 Å². The molecular weight excluding hydrogens is 206 g/mol. The lowest BCUT2D eigenvalue weighted by atomic mass is 10.1. The van der Waals surface area contributed by atoms with E-state index in [2.05, 4.69) is 0 Å². The van der Waals surface area contributed by atoms with Gasteiger partial charge < -0.3 is 9.47 Å². The van der Waals surface area contributed by atoms with Crippen LogP contribution >= 0.6 is 0 Å². The van der Waals surface area contributed by atoms with E-state index < -0.39 is 10.0 Å². The second kappa shape index (κ2) is 3.47. The number of hydrogen-bond donors (Lipinski definition) is 1. The highest BCUT2D eigenvalue weighted by Gasteiger charge is 2.28. The van der Waals surface area contributed by atoms with Gasteiger partial charge in [0.2, 0.25) is 10.0 Å². The van der Waals surface area contributed by atoms with Crippen LogP contribution in [0.3, 0.4) is 0 Å². The molecule has 6 heteroatoms. The van der Waals surface area contributed by atoms with Gasteiger partial charge in [0.05, 0.1) is 18.1 Å². The smallest absolute Gasteiger partial charge is 0.237 e. The number of primary sulfonamides is 1. The largest absolute Gasteiger partial charge is 0.369 e. The summed E-state index contributed by atoms with van der Waals surface area (Å²) < 4.78 is 32.7. The van der Waals surface area contributed by atoms with E-state index in [9.17, 15) is 8.42 Å². The first-order valence-corrected chi connectivity index (χ1v) is 5.78. The second-order valence-corrected chi connectivity index (χ2v) is 4.71. The van der Waals surface area contributed by atoms with Crippen molar-refractivity contribution in [2.45, 2.75) is 12.2 Å². The molecule has 0 radical (unpaired) electrons. The van der Waals surface area contributed by atoms with Gasteiger partial charge in [0, 0.05) is 0 Å². The Morgan fingerprint density at radius 1 is 1.29 bits per heavy atom. The SMILES string of the molecule is NS(=O)(=O)C1=CC2OCCOC2C=C1. The van der Waals surface area contributed by atoms with Gasteiger partial charge >= 0.3 is 0 Å². The lowest BCUT2D eigenvalue weighted by Gasteiger charge is -2.30. The van der Waals surface area contributed by atoms with Crippen LogP contribution in [0.4, 0.5) is 0 Å². The van der Waals surface area contributed by atoms with Crippen LogP contribution in [-0.4, -0.2) is 33.8 Å². The van der Waals surface area contributed by atoms with Gasteiger partial charge in [-0.15, -0.1) is 0 Å². The number of fused-ring (bicyclic) bond motifs is 1. The molecule has 2 atom stereocenters. The Labute approximate surface area is 82.2 Å². The molecule has 0 spiro atoms. The van der Waals surface area contributed by atoms with E-state index in [4.69, 9.17) is 14.6 Å². The van der Waals surface area contributed by atoms with Crippen LogP contribution in [0.2, 0.25) is 0 Å². The van der Waals surface area contributed by atoms with Crippen molar-refractivity contribution in [1.29, 1.82) is 0 Å². The molecule has 0 aromatic rings. The van der Waals surface area contributed by atoms with Crippen molar-refractivity contribution < 1.29 is 17.9 Å². The maximum atomic E-state index is 11.0. The Hall–Kier alpha value is -0.690. The van der Waals surface area contributed by atoms with Crippen LogP contribution in [0.15, 0.2) is 23.1 Å². The molecule has 2 aliphatic rings. The molecule has 0 saturated carbocycles. The van der Waals surface area contributed by atoms with Crippen LogP contribution < -0.4 is 5.14 Å². The van der Waals surface area contributed by atoms with E-state index in [1.807, 2.05) is 0 Å². The summed E-state index contributed by atoms with van der Waals surface area (Å²) in [5, 5.41) is 4.99. The Balaban J connectivity index is 2.25. The molecule has 14 heavy (non-hydrogen) atoms. The fourth-order valence-corrected chi connectivity index (χ4v) is 2.05. The van der Waals surface area contributed by atoms with Crippen LogP contribution in [-0.2, 0) is 19.5 Å². The third kappa shape index (κ3) is 1.88. The fraction of sp³-hybridized carbons (Fsp3) is 0.500. The molecule has 1 heterocycles. The highest BCUT2D eigenvalue weighted by molar-refractivity contribution is 7.93. The number of hydrogen-bond acceptors (Lipinski definition) is 4. The summed E-state index contributed by atoms with van der Waals surface area (Å²) in [6.45, 7) is 1.01. The second-order valence-electron chi connectivity index (χ2n) is 3.14. The summed E-state index contributed by atoms with van der Waals surface area (Å²) in [6, 6.07) is 0. The molecule has 1 saturated heterocycles. The summed E-state index contributed by atoms with van der Waals surface area (Å²) >= 11 is 0. The van der Waals surface area contributed by atoms with Crippen LogP contribution in [0, 0.1) is 0 Å². The summed E-state index contributed by atoms with van der Waals surface area (Å²) in [5.41, 5.74) is 0. The Bertz CT molecular complexity index is 384. The molecule has 2 unspecified atom stereocenters. The lowest BCUT2D eigenvalue weighted by Crippen LogP contribution is -2.38. The van der Waals surface area contributed by atoms with Crippen molar-refractivity contribution >= 4 is 10.0 Å². The average molecular weight is 217 g/mol. The van der Waals surface area contributed by atoms with Crippen molar-refractivity contribution in [2.24, 2.45) is 5.14 Å². The zero-order valence-corrected chi connectivity index (χ0v) is 8.24. The number of nitrogens with two attached hydrogens (primary N) is 1. The third-order valence-corrected chi connectivity index (χ3v) is 3.06. The van der Waals surface area contributed by atoms with E-state index in [0.29, 0.717) is 13.2 Å². The molecule has 1 aliphatic heterocycles. The minimum absolute atomic E-state index is 0.0873. The molecule has 78 valence electrons. The average Bonchev–Trinajstić information content (AvgIpc) is 2.16. The summed E-state index contributed by atoms with van der Waals surface area (Å²) in [6.07, 6.45) is 4.07. The Kier molecular flexibility index (Phi) is 2.44. The molecule has 0 bridgehead atoms. The zero-order chi connectivity index (χ0) is 10.2. The summed E-state index contributed by atoms with van der Waals surface area (Å²) in [5.74, 6) is 0. The molecular formula is C8H11NO4S. The normalized spacial score (nSPS) is 32.2. The standard InChI is InChI=1S/C8H11NO4S/c9-14(10,11)6-1-2-7-8(5-6)13-4-3-12-7/h1-2,5,7-8H,3-4H2,(H2,9,10,11). The van der Waals surface area contributed by atoms with Crippen molar-refractivity contribution in [3.8, 4) is 0 Å². The minimum Gasteiger partial charge on any atom is -0.369 e. The highest BCUT2D eigenvalue weighted by Crippen LogP contribution is 2.21. The minimum atomic E-state index is -3.64. The highest BCUT2D eigenvalue weighted by atomic mass is 32.2. The van der Waals surface area contributed by atoms with Crippen molar-refractivity contribution in [1.82, 2.24) is 0 Å². The van der Waals surface area contributed by atoms with Crippen molar-refractivity contribution in [3.63, 3.8) is 0 Å². The number of sulfonamides is 1. The summed E-state index contributed by atoms with van der Waals surface area (Å²) in [4.78, 5) is 0.0873. The maximum absolute atomic E-state index is 11.0. The number of allylic oxidation sites excluding steroid dienone is 1. The van der Waals surface area contributed by atoms with E-state index in [1.54, 1.807) is 6.08 Å². The molecule has 0 amide bonds.